The van der Waals surface area contributed by atoms with E-state index in [0.717, 1.165) is 27.8 Å². The quantitative estimate of drug-likeness (QED) is 0.186. The second-order valence-corrected chi connectivity index (χ2v) is 14.0. The lowest BCUT2D eigenvalue weighted by atomic mass is 9.76. The van der Waals surface area contributed by atoms with Gasteiger partial charge in [0.15, 0.2) is 17.5 Å². The second-order valence-electron chi connectivity index (χ2n) is 14.0. The molecule has 6 aromatic carbocycles. The minimum absolute atomic E-state index is 0.342. The maximum atomic E-state index is 5.05. The Morgan fingerprint density at radius 1 is 0.434 bits per heavy atom. The van der Waals surface area contributed by atoms with Crippen LogP contribution in [0.25, 0.3) is 83.8 Å². The van der Waals surface area contributed by atoms with Crippen LogP contribution in [0.3, 0.4) is 0 Å². The lowest BCUT2D eigenvalue weighted by Crippen LogP contribution is -2.13. The Morgan fingerprint density at radius 3 is 1.77 bits per heavy atom. The van der Waals surface area contributed by atoms with Crippen LogP contribution in [0.1, 0.15) is 11.1 Å². The third kappa shape index (κ3) is 4.87. The fraction of sp³-hybridized carbons (Fsp3) is 0.0408. The number of nitrogens with zero attached hydrogens (tertiary/aromatic N) is 4. The van der Waals surface area contributed by atoms with Gasteiger partial charge in [-0.3, -0.25) is 0 Å². The fourth-order valence-electron chi connectivity index (χ4n) is 8.34. The summed E-state index contributed by atoms with van der Waals surface area (Å²) in [6.07, 6.45) is 16.3. The van der Waals surface area contributed by atoms with Gasteiger partial charge >= 0.3 is 0 Å². The van der Waals surface area contributed by atoms with Crippen molar-refractivity contribution in [1.82, 2.24) is 19.5 Å². The van der Waals surface area contributed by atoms with E-state index in [9.17, 15) is 0 Å². The molecule has 0 amide bonds. The maximum absolute atomic E-state index is 5.05. The van der Waals surface area contributed by atoms with Gasteiger partial charge in [0.2, 0.25) is 0 Å². The van der Waals surface area contributed by atoms with Crippen LogP contribution < -0.4 is 0 Å². The Bertz CT molecular complexity index is 2890. The lowest BCUT2D eigenvalue weighted by Gasteiger charge is -2.27. The van der Waals surface area contributed by atoms with Crippen molar-refractivity contribution in [1.29, 1.82) is 0 Å². The van der Waals surface area contributed by atoms with Crippen LogP contribution in [0.2, 0.25) is 0 Å². The van der Waals surface area contributed by atoms with Crippen LogP contribution >= 0.6 is 0 Å². The van der Waals surface area contributed by atoms with Crippen LogP contribution in [0, 0.1) is 11.8 Å². The van der Waals surface area contributed by atoms with Crippen LogP contribution in [-0.4, -0.2) is 19.5 Å². The lowest BCUT2D eigenvalue weighted by molar-refractivity contribution is 0.665. The zero-order valence-electron chi connectivity index (χ0n) is 28.8. The molecule has 8 aromatic rings. The topological polar surface area (TPSA) is 43.6 Å². The van der Waals surface area contributed by atoms with Gasteiger partial charge in [-0.25, -0.2) is 15.0 Å². The van der Waals surface area contributed by atoms with E-state index in [1.165, 1.54) is 49.7 Å². The van der Waals surface area contributed by atoms with Gasteiger partial charge in [0, 0.05) is 51.4 Å². The van der Waals surface area contributed by atoms with Crippen LogP contribution in [0.4, 0.5) is 0 Å². The van der Waals surface area contributed by atoms with Crippen molar-refractivity contribution < 1.29 is 0 Å². The van der Waals surface area contributed by atoms with Gasteiger partial charge in [-0.2, -0.15) is 0 Å². The van der Waals surface area contributed by atoms with Crippen molar-refractivity contribution in [2.75, 3.05) is 0 Å². The molecule has 0 saturated heterocycles. The molecule has 0 radical (unpaired) electrons. The van der Waals surface area contributed by atoms with E-state index in [1.807, 2.05) is 30.3 Å². The Balaban J connectivity index is 1.04. The number of benzene rings is 6. The van der Waals surface area contributed by atoms with Gasteiger partial charge in [0.25, 0.3) is 0 Å². The summed E-state index contributed by atoms with van der Waals surface area (Å²) in [4.78, 5) is 15.0. The highest BCUT2D eigenvalue weighted by atomic mass is 15.0. The van der Waals surface area contributed by atoms with E-state index < -0.39 is 0 Å². The minimum Gasteiger partial charge on any atom is -0.316 e. The summed E-state index contributed by atoms with van der Waals surface area (Å²) in [5.41, 5.74) is 12.9. The average Bonchev–Trinajstić information content (AvgIpc) is 3.58. The molecule has 0 aliphatic heterocycles. The monoisotopic (exact) mass is 676 g/mol. The first kappa shape index (κ1) is 29.8. The van der Waals surface area contributed by atoms with Gasteiger partial charge in [-0.15, -0.1) is 0 Å². The summed E-state index contributed by atoms with van der Waals surface area (Å²) in [6.45, 7) is 0. The summed E-state index contributed by atoms with van der Waals surface area (Å²) in [6, 6.07) is 49.1. The highest BCUT2D eigenvalue weighted by Crippen LogP contribution is 2.51. The zero-order valence-corrected chi connectivity index (χ0v) is 28.8. The van der Waals surface area contributed by atoms with Crippen molar-refractivity contribution in [3.8, 4) is 51.0 Å². The first-order valence-corrected chi connectivity index (χ1v) is 18.2. The number of fused-ring (bicyclic) bond motifs is 7. The molecule has 0 N–H and O–H groups in total. The van der Waals surface area contributed by atoms with E-state index in [-0.39, 0.29) is 0 Å². The molecule has 0 fully saturated rings. The Hall–Kier alpha value is -6.91. The molecule has 0 spiro atoms. The van der Waals surface area contributed by atoms with Crippen molar-refractivity contribution in [3.05, 3.63) is 193 Å². The molecular weight excluding hydrogens is 645 g/mol. The highest BCUT2D eigenvalue weighted by Gasteiger charge is 2.31. The van der Waals surface area contributed by atoms with Crippen molar-refractivity contribution in [2.45, 2.75) is 0 Å². The molecule has 4 heteroatoms. The van der Waals surface area contributed by atoms with Gasteiger partial charge in [0.1, 0.15) is 0 Å². The average molecular weight is 677 g/mol. The fourth-order valence-corrected chi connectivity index (χ4v) is 8.34. The Kier molecular flexibility index (Phi) is 6.65. The van der Waals surface area contributed by atoms with Gasteiger partial charge in [0.05, 0.1) is 5.52 Å². The summed E-state index contributed by atoms with van der Waals surface area (Å²) < 4.78 is 2.34. The second kappa shape index (κ2) is 11.8. The predicted molar refractivity (Wildman–Crippen MR) is 217 cm³/mol. The van der Waals surface area contributed by atoms with Gasteiger partial charge < -0.3 is 4.57 Å². The van der Waals surface area contributed by atoms with E-state index >= 15 is 0 Å². The van der Waals surface area contributed by atoms with Gasteiger partial charge in [-0.1, -0.05) is 140 Å². The molecule has 248 valence electrons. The molecule has 0 saturated carbocycles. The van der Waals surface area contributed by atoms with Crippen LogP contribution in [-0.2, 0) is 0 Å². The highest BCUT2D eigenvalue weighted by molar-refractivity contribution is 6.19. The number of hydrogen-bond acceptors (Lipinski definition) is 3. The largest absolute Gasteiger partial charge is 0.316 e. The molecule has 3 aliphatic carbocycles. The summed E-state index contributed by atoms with van der Waals surface area (Å²) in [7, 11) is 0. The smallest absolute Gasteiger partial charge is 0.164 e. The molecule has 2 unspecified atom stereocenters. The predicted octanol–water partition coefficient (Wildman–Crippen LogP) is 11.8. The van der Waals surface area contributed by atoms with Crippen molar-refractivity contribution in [3.63, 3.8) is 0 Å². The molecular formula is C49H32N4. The first-order valence-electron chi connectivity index (χ1n) is 18.2. The number of hydrogen-bond donors (Lipinski definition) is 0. The summed E-state index contributed by atoms with van der Waals surface area (Å²) in [5, 5.41) is 3.63. The standard InChI is InChI=1S/C49H32N4/c1-2-12-32(13-3-1)47-50-48(52-49(51-47)37-22-21-31-11-4-5-14-34(31)27-37)33-23-25-38(26-24-33)53-30-44-43-29-36-16-7-6-15-35(36)28-42(43)40-18-9-8-17-39(40)41-19-10-20-45(53)46(41)44/h1-30,35-36H. The SMILES string of the molecule is C1=CC2C=C3C(=CC2C=C1)c1cn(-c2ccc(-c4nc(-c5ccccc5)nc(-c5ccc6ccccc6c5)n4)cc2)c2cccc(c12)-c1ccccc13. The third-order valence-electron chi connectivity index (χ3n) is 10.9. The Morgan fingerprint density at radius 2 is 1.02 bits per heavy atom. The summed E-state index contributed by atoms with van der Waals surface area (Å²) >= 11 is 0. The summed E-state index contributed by atoms with van der Waals surface area (Å²) in [5.74, 6) is 2.65. The van der Waals surface area contributed by atoms with Crippen molar-refractivity contribution in [2.24, 2.45) is 11.8 Å². The number of allylic oxidation sites excluding steroid dienone is 8. The van der Waals surface area contributed by atoms with Crippen molar-refractivity contribution >= 4 is 32.8 Å². The first-order chi connectivity index (χ1) is 26.2. The third-order valence-corrected chi connectivity index (χ3v) is 10.9. The molecule has 4 nitrogen and oxygen atoms in total. The minimum atomic E-state index is 0.342. The molecule has 11 rings (SSSR count). The van der Waals surface area contributed by atoms with Crippen LogP contribution in [0.5, 0.6) is 0 Å². The molecule has 2 heterocycles. The van der Waals surface area contributed by atoms with E-state index in [0.29, 0.717) is 29.3 Å². The zero-order chi connectivity index (χ0) is 34.9. The van der Waals surface area contributed by atoms with Gasteiger partial charge in [-0.05, 0) is 75.0 Å². The number of aromatic nitrogens is 4. The molecule has 53 heavy (non-hydrogen) atoms. The van der Waals surface area contributed by atoms with E-state index in [2.05, 4.69) is 156 Å². The molecule has 3 aliphatic rings. The Labute approximate surface area is 307 Å². The molecule has 2 aromatic heterocycles. The van der Waals surface area contributed by atoms with E-state index in [1.54, 1.807) is 0 Å². The molecule has 2 atom stereocenters. The number of rotatable bonds is 4. The molecule has 0 bridgehead atoms. The van der Waals surface area contributed by atoms with E-state index in [4.69, 9.17) is 15.0 Å². The maximum Gasteiger partial charge on any atom is 0.164 e. The normalized spacial score (nSPS) is 16.8. The van der Waals surface area contributed by atoms with Crippen LogP contribution in [0.15, 0.2) is 182 Å².